The number of amides is 4. The van der Waals surface area contributed by atoms with E-state index in [1.165, 1.54) is 15.9 Å². The molecule has 4 aromatic carbocycles. The van der Waals surface area contributed by atoms with Crippen LogP contribution >= 0.6 is 45.8 Å². The van der Waals surface area contributed by atoms with Crippen molar-refractivity contribution in [2.24, 2.45) is 23.7 Å². The average Bonchev–Trinajstić information content (AvgIpc) is 3.47. The van der Waals surface area contributed by atoms with Gasteiger partial charge in [0.1, 0.15) is 5.75 Å². The molecule has 6 atom stereocenters. The number of anilines is 2. The Kier molecular flexibility index (Phi) is 7.54. The number of imide groups is 2. The van der Waals surface area contributed by atoms with Gasteiger partial charge in [0, 0.05) is 25.1 Å². The molecule has 4 amide bonds. The number of benzene rings is 4. The second-order valence-corrected chi connectivity index (χ2v) is 14.9. The Morgan fingerprint density at radius 2 is 1.46 bits per heavy atom. The van der Waals surface area contributed by atoms with E-state index < -0.39 is 46.8 Å². The molecule has 1 saturated carbocycles. The van der Waals surface area contributed by atoms with E-state index in [1.807, 2.05) is 48.5 Å². The van der Waals surface area contributed by atoms with E-state index in [4.69, 9.17) is 23.2 Å². The maximum Gasteiger partial charge on any atom is 0.246 e. The van der Waals surface area contributed by atoms with Crippen molar-refractivity contribution in [1.29, 1.82) is 0 Å². The van der Waals surface area contributed by atoms with Gasteiger partial charge in [-0.1, -0.05) is 71.2 Å². The Labute approximate surface area is 300 Å². The van der Waals surface area contributed by atoms with E-state index in [2.05, 4.69) is 22.6 Å². The molecule has 2 aliphatic heterocycles. The molecule has 7 nitrogen and oxygen atoms in total. The zero-order valence-corrected chi connectivity index (χ0v) is 28.9. The number of hydrogen-bond acceptors (Lipinski definition) is 5. The highest BCUT2D eigenvalue weighted by molar-refractivity contribution is 14.1. The van der Waals surface area contributed by atoms with Gasteiger partial charge in [0.25, 0.3) is 0 Å². The molecule has 3 fully saturated rings. The summed E-state index contributed by atoms with van der Waals surface area (Å²) in [5.74, 6) is -5.32. The fourth-order valence-electron chi connectivity index (χ4n) is 8.69. The third-order valence-corrected chi connectivity index (χ3v) is 11.7. The maximum absolute atomic E-state index is 15.2. The first kappa shape index (κ1) is 31.3. The molecule has 10 heteroatoms. The first-order chi connectivity index (χ1) is 23.1. The van der Waals surface area contributed by atoms with E-state index in [0.717, 1.165) is 9.14 Å². The number of aromatic hydroxyl groups is 1. The number of hydrogen-bond donors (Lipinski definition) is 1. The lowest BCUT2D eigenvalue weighted by Gasteiger charge is -2.50. The monoisotopic (exact) mass is 788 g/mol. The van der Waals surface area contributed by atoms with Gasteiger partial charge in [-0.25, -0.2) is 4.90 Å². The second kappa shape index (κ2) is 11.6. The lowest BCUT2D eigenvalue weighted by atomic mass is 9.49. The summed E-state index contributed by atoms with van der Waals surface area (Å²) in [7, 11) is 0. The summed E-state index contributed by atoms with van der Waals surface area (Å²) in [5, 5.41) is 12.2. The molecule has 2 saturated heterocycles. The van der Waals surface area contributed by atoms with E-state index in [1.54, 1.807) is 48.5 Å². The smallest absolute Gasteiger partial charge is 0.246 e. The van der Waals surface area contributed by atoms with E-state index in [9.17, 15) is 19.5 Å². The predicted octanol–water partition coefficient (Wildman–Crippen LogP) is 7.67. The van der Waals surface area contributed by atoms with E-state index >= 15 is 4.79 Å². The van der Waals surface area contributed by atoms with Crippen LogP contribution in [-0.4, -0.2) is 28.7 Å². The Morgan fingerprint density at radius 3 is 2.19 bits per heavy atom. The van der Waals surface area contributed by atoms with Crippen LogP contribution in [0.25, 0.3) is 0 Å². The fourth-order valence-corrected chi connectivity index (χ4v) is 9.41. The van der Waals surface area contributed by atoms with Crippen molar-refractivity contribution < 1.29 is 24.3 Å². The number of fused-ring (bicyclic) bond motifs is 4. The molecule has 2 heterocycles. The van der Waals surface area contributed by atoms with Gasteiger partial charge in [-0.2, -0.15) is 0 Å². The van der Waals surface area contributed by atoms with Gasteiger partial charge in [-0.05, 0) is 108 Å². The Bertz CT molecular complexity index is 2070. The summed E-state index contributed by atoms with van der Waals surface area (Å²) in [5.41, 5.74) is 1.07. The van der Waals surface area contributed by atoms with Crippen molar-refractivity contribution in [1.82, 2.24) is 0 Å². The van der Waals surface area contributed by atoms with Gasteiger partial charge < -0.3 is 5.11 Å². The van der Waals surface area contributed by atoms with Crippen LogP contribution < -0.4 is 9.80 Å². The molecule has 4 aliphatic rings. The second-order valence-electron chi connectivity index (χ2n) is 12.8. The molecular weight excluding hydrogens is 762 g/mol. The van der Waals surface area contributed by atoms with Gasteiger partial charge in [0.2, 0.25) is 23.6 Å². The summed E-state index contributed by atoms with van der Waals surface area (Å²) in [4.78, 5) is 60.8. The number of halogens is 3. The average molecular weight is 789 g/mol. The summed E-state index contributed by atoms with van der Waals surface area (Å²) in [6.45, 7) is 0. The van der Waals surface area contributed by atoms with E-state index in [0.29, 0.717) is 32.5 Å². The molecule has 6 unspecified atom stereocenters. The summed E-state index contributed by atoms with van der Waals surface area (Å²) >= 11 is 15.1. The van der Waals surface area contributed by atoms with Crippen LogP contribution in [0, 0.1) is 27.2 Å². The van der Waals surface area contributed by atoms with Crippen LogP contribution in [0.3, 0.4) is 0 Å². The third-order valence-electron chi connectivity index (χ3n) is 10.6. The third kappa shape index (κ3) is 4.45. The molecule has 240 valence electrons. The highest BCUT2D eigenvalue weighted by Crippen LogP contribution is 2.65. The van der Waals surface area contributed by atoms with Gasteiger partial charge in [0.15, 0.2) is 0 Å². The first-order valence-electron chi connectivity index (χ1n) is 15.6. The quantitative estimate of drug-likeness (QED) is 0.130. The highest BCUT2D eigenvalue weighted by atomic mass is 127. The number of carbonyl (C=O) groups excluding carboxylic acids is 4. The van der Waals surface area contributed by atoms with Gasteiger partial charge in [0.05, 0.1) is 34.5 Å². The number of allylic oxidation sites excluding steroid dienone is 2. The minimum Gasteiger partial charge on any atom is -0.508 e. The van der Waals surface area contributed by atoms with Crippen molar-refractivity contribution in [2.45, 2.75) is 24.2 Å². The van der Waals surface area contributed by atoms with Crippen LogP contribution in [0.2, 0.25) is 10.0 Å². The van der Waals surface area contributed by atoms with Crippen LogP contribution in [-0.2, 0) is 24.6 Å². The summed E-state index contributed by atoms with van der Waals surface area (Å²) in [6, 6.07) is 27.7. The predicted molar refractivity (Wildman–Crippen MR) is 191 cm³/mol. The molecule has 4 aromatic rings. The number of nitrogens with zero attached hydrogens (tertiary/aromatic N) is 2. The standard InChI is InChI=1S/C38H27Cl2IN2O5/c39-21-7-4-8-25(17-21)43-35(46)30-19-28-26(14-15-27-32(28)36(47)42(34(27)45)24-12-10-23(41)11-13-24)33(29-18-22(40)9-16-31(29)44)38(30,37(43)48)20-5-2-1-3-6-20/h1-14,16-18,27-28,30,32-33,44H,15,19H2. The minimum absolute atomic E-state index is 0.0853. The van der Waals surface area contributed by atoms with Gasteiger partial charge in [-0.3, -0.25) is 24.1 Å². The SMILES string of the molecule is O=C1C2CC=C3C(CC4C(=O)N(c5cccc(Cl)c5)C(=O)C4(c4ccccc4)C3c3cc(Cl)ccc3O)C2C(=O)N1c1ccc(I)cc1. The van der Waals surface area contributed by atoms with Crippen molar-refractivity contribution in [2.75, 3.05) is 9.80 Å². The Morgan fingerprint density at radius 1 is 0.729 bits per heavy atom. The lowest BCUT2D eigenvalue weighted by Crippen LogP contribution is -2.53. The van der Waals surface area contributed by atoms with Crippen molar-refractivity contribution in [3.05, 3.63) is 133 Å². The molecular formula is C38H27Cl2IN2O5. The van der Waals surface area contributed by atoms with Crippen LogP contribution in [0.1, 0.15) is 29.9 Å². The normalized spacial score (nSPS) is 27.9. The maximum atomic E-state index is 15.2. The highest BCUT2D eigenvalue weighted by Gasteiger charge is 2.70. The number of carbonyl (C=O) groups is 4. The topological polar surface area (TPSA) is 95.0 Å². The first-order valence-corrected chi connectivity index (χ1v) is 17.5. The molecule has 48 heavy (non-hydrogen) atoms. The van der Waals surface area contributed by atoms with Crippen LogP contribution in [0.4, 0.5) is 11.4 Å². The van der Waals surface area contributed by atoms with Crippen LogP contribution in [0.5, 0.6) is 5.75 Å². The Balaban J connectivity index is 1.36. The van der Waals surface area contributed by atoms with Gasteiger partial charge in [-0.15, -0.1) is 0 Å². The molecule has 0 aromatic heterocycles. The molecule has 1 N–H and O–H groups in total. The molecule has 8 rings (SSSR count). The molecule has 0 bridgehead atoms. The fraction of sp³-hybridized carbons (Fsp3) is 0.211. The molecule has 0 spiro atoms. The number of phenols is 1. The lowest BCUT2D eigenvalue weighted by molar-refractivity contribution is -0.127. The van der Waals surface area contributed by atoms with Gasteiger partial charge >= 0.3 is 0 Å². The minimum atomic E-state index is -1.50. The van der Waals surface area contributed by atoms with Crippen molar-refractivity contribution in [3.8, 4) is 5.75 Å². The van der Waals surface area contributed by atoms with E-state index in [-0.39, 0.29) is 30.4 Å². The Hall–Kier alpha value is -3.99. The summed E-state index contributed by atoms with van der Waals surface area (Å²) in [6.07, 6.45) is 2.39. The summed E-state index contributed by atoms with van der Waals surface area (Å²) < 4.78 is 0.971. The number of phenolic OH excluding ortho intramolecular Hbond substituents is 1. The molecule has 0 radical (unpaired) electrons. The number of rotatable bonds is 4. The zero-order chi connectivity index (χ0) is 33.5. The van der Waals surface area contributed by atoms with Crippen molar-refractivity contribution in [3.63, 3.8) is 0 Å². The van der Waals surface area contributed by atoms with Crippen LogP contribution in [0.15, 0.2) is 109 Å². The zero-order valence-electron chi connectivity index (χ0n) is 25.2. The molecule has 2 aliphatic carbocycles. The van der Waals surface area contributed by atoms with Crippen molar-refractivity contribution >= 4 is 80.8 Å². The largest absolute Gasteiger partial charge is 0.508 e.